The summed E-state index contributed by atoms with van der Waals surface area (Å²) in [6, 6.07) is 0. The lowest BCUT2D eigenvalue weighted by molar-refractivity contribution is -0.150. The summed E-state index contributed by atoms with van der Waals surface area (Å²) in [6.07, 6.45) is 14.4. The quantitative estimate of drug-likeness (QED) is 0.0749. The molecule has 0 fully saturated rings. The summed E-state index contributed by atoms with van der Waals surface area (Å²) in [7, 11) is 0. The summed E-state index contributed by atoms with van der Waals surface area (Å²) in [4.78, 5) is 12.0. The zero-order valence-corrected chi connectivity index (χ0v) is 25.0. The molecule has 228 valence electrons. The lowest BCUT2D eigenvalue weighted by Crippen LogP contribution is -2.20. The number of rotatable bonds is 32. The molecule has 0 aliphatic heterocycles. The third kappa shape index (κ3) is 28.2. The van der Waals surface area contributed by atoms with Crippen LogP contribution in [0.4, 0.5) is 0 Å². The second kappa shape index (κ2) is 32.4. The normalized spacial score (nSPS) is 12.2. The van der Waals surface area contributed by atoms with E-state index in [0.717, 1.165) is 38.7 Å². The summed E-state index contributed by atoms with van der Waals surface area (Å²) < 4.78 is 38.3. The molecule has 8 heteroatoms. The van der Waals surface area contributed by atoms with Gasteiger partial charge in [-0.2, -0.15) is 0 Å². The number of esters is 1. The number of hydrogen-bond donors (Lipinski definition) is 0. The molecular weight excluding hydrogens is 488 g/mol. The smallest absolute Gasteiger partial charge is 0.308 e. The Kier molecular flexibility index (Phi) is 31.8. The van der Waals surface area contributed by atoms with E-state index in [0.29, 0.717) is 79.3 Å². The van der Waals surface area contributed by atoms with Crippen molar-refractivity contribution in [3.8, 4) is 0 Å². The van der Waals surface area contributed by atoms with Crippen LogP contribution in [0.25, 0.3) is 0 Å². The van der Waals surface area contributed by atoms with Crippen LogP contribution in [0.5, 0.6) is 0 Å². The standard InChI is InChI=1S/C30H60O8/c1-4-7-9-10-11-12-13-14-16-32-17-18-33-19-20-34-21-22-35-23-24-36-25-26-37-27-28-38-30(31)29(6-3)15-8-5-2/h29H,4-28H2,1-3H3. The largest absolute Gasteiger partial charge is 0.463 e. The van der Waals surface area contributed by atoms with Crippen molar-refractivity contribution in [3.63, 3.8) is 0 Å². The van der Waals surface area contributed by atoms with E-state index >= 15 is 0 Å². The Morgan fingerprint density at radius 3 is 1.24 bits per heavy atom. The maximum Gasteiger partial charge on any atom is 0.308 e. The fourth-order valence-corrected chi connectivity index (χ4v) is 3.80. The number of unbranched alkanes of at least 4 members (excludes halogenated alkanes) is 8. The van der Waals surface area contributed by atoms with Crippen LogP contribution in [0.2, 0.25) is 0 Å². The first-order valence-electron chi connectivity index (χ1n) is 15.4. The van der Waals surface area contributed by atoms with Gasteiger partial charge in [-0.25, -0.2) is 0 Å². The van der Waals surface area contributed by atoms with Gasteiger partial charge >= 0.3 is 5.97 Å². The molecule has 0 aliphatic rings. The summed E-state index contributed by atoms with van der Waals surface area (Å²) >= 11 is 0. The Morgan fingerprint density at radius 2 is 0.816 bits per heavy atom. The first kappa shape index (κ1) is 37.2. The van der Waals surface area contributed by atoms with E-state index in [9.17, 15) is 4.79 Å². The Labute approximate surface area is 233 Å². The van der Waals surface area contributed by atoms with Gasteiger partial charge in [-0.15, -0.1) is 0 Å². The second-order valence-corrected chi connectivity index (χ2v) is 9.56. The fraction of sp³-hybridized carbons (Fsp3) is 0.967. The zero-order chi connectivity index (χ0) is 27.8. The van der Waals surface area contributed by atoms with E-state index in [1.807, 2.05) is 6.92 Å². The van der Waals surface area contributed by atoms with E-state index in [4.69, 9.17) is 33.2 Å². The molecule has 0 radical (unpaired) electrons. The number of carbonyl (C=O) groups excluding carboxylic acids is 1. The molecule has 0 N–H and O–H groups in total. The van der Waals surface area contributed by atoms with Crippen molar-refractivity contribution in [1.29, 1.82) is 0 Å². The molecule has 0 spiro atoms. The second-order valence-electron chi connectivity index (χ2n) is 9.56. The van der Waals surface area contributed by atoms with Gasteiger partial charge in [-0.3, -0.25) is 4.79 Å². The van der Waals surface area contributed by atoms with Gasteiger partial charge in [-0.1, -0.05) is 78.6 Å². The van der Waals surface area contributed by atoms with E-state index < -0.39 is 0 Å². The van der Waals surface area contributed by atoms with E-state index in [2.05, 4.69) is 13.8 Å². The predicted octanol–water partition coefficient (Wildman–Crippen LogP) is 5.99. The van der Waals surface area contributed by atoms with Crippen LogP contribution < -0.4 is 0 Å². The highest BCUT2D eigenvalue weighted by molar-refractivity contribution is 5.72. The van der Waals surface area contributed by atoms with E-state index in [1.165, 1.54) is 44.9 Å². The van der Waals surface area contributed by atoms with Crippen molar-refractivity contribution in [1.82, 2.24) is 0 Å². The van der Waals surface area contributed by atoms with Crippen molar-refractivity contribution in [2.75, 3.05) is 85.9 Å². The minimum atomic E-state index is -0.108. The average molecular weight is 549 g/mol. The van der Waals surface area contributed by atoms with Gasteiger partial charge < -0.3 is 33.2 Å². The zero-order valence-electron chi connectivity index (χ0n) is 25.0. The molecule has 0 heterocycles. The highest BCUT2D eigenvalue weighted by Crippen LogP contribution is 2.14. The Balaban J connectivity index is 3.16. The highest BCUT2D eigenvalue weighted by Gasteiger charge is 2.16. The minimum absolute atomic E-state index is 0.0104. The maximum atomic E-state index is 12.0. The molecule has 0 aromatic carbocycles. The molecule has 1 unspecified atom stereocenters. The summed E-state index contributed by atoms with van der Waals surface area (Å²) in [5.41, 5.74) is 0. The lowest BCUT2D eigenvalue weighted by Gasteiger charge is -2.13. The van der Waals surface area contributed by atoms with Crippen LogP contribution >= 0.6 is 0 Å². The number of carbonyl (C=O) groups is 1. The van der Waals surface area contributed by atoms with Gasteiger partial charge in [0.15, 0.2) is 0 Å². The van der Waals surface area contributed by atoms with Crippen LogP contribution in [0.1, 0.15) is 97.8 Å². The fourth-order valence-electron chi connectivity index (χ4n) is 3.80. The monoisotopic (exact) mass is 548 g/mol. The molecule has 0 amide bonds. The van der Waals surface area contributed by atoms with Crippen molar-refractivity contribution in [3.05, 3.63) is 0 Å². The van der Waals surface area contributed by atoms with Crippen molar-refractivity contribution < 1.29 is 38.0 Å². The van der Waals surface area contributed by atoms with Gasteiger partial charge in [0, 0.05) is 6.61 Å². The van der Waals surface area contributed by atoms with Gasteiger partial charge in [0.05, 0.1) is 78.6 Å². The third-order valence-electron chi connectivity index (χ3n) is 6.21. The molecule has 38 heavy (non-hydrogen) atoms. The SMILES string of the molecule is CCCCCCCCCCOCCOCCOCCOCCOCCOCCOC(=O)C(CC)CCCC. The van der Waals surface area contributed by atoms with Crippen molar-refractivity contribution in [2.24, 2.45) is 5.92 Å². The summed E-state index contributed by atoms with van der Waals surface area (Å²) in [6.45, 7) is 13.4. The number of ether oxygens (including phenoxy) is 7. The van der Waals surface area contributed by atoms with Gasteiger partial charge in [0.2, 0.25) is 0 Å². The Morgan fingerprint density at radius 1 is 0.447 bits per heavy atom. The molecular formula is C30H60O8. The van der Waals surface area contributed by atoms with Crippen LogP contribution in [-0.2, 0) is 38.0 Å². The molecule has 0 bridgehead atoms. The van der Waals surface area contributed by atoms with Crippen molar-refractivity contribution in [2.45, 2.75) is 97.8 Å². The van der Waals surface area contributed by atoms with Crippen LogP contribution in [0, 0.1) is 5.92 Å². The highest BCUT2D eigenvalue weighted by atomic mass is 16.6. The molecule has 8 nitrogen and oxygen atoms in total. The molecule has 0 aliphatic carbocycles. The van der Waals surface area contributed by atoms with Gasteiger partial charge in [0.25, 0.3) is 0 Å². The van der Waals surface area contributed by atoms with Crippen LogP contribution in [0.15, 0.2) is 0 Å². The maximum absolute atomic E-state index is 12.0. The first-order chi connectivity index (χ1) is 18.8. The summed E-state index contributed by atoms with van der Waals surface area (Å²) in [5.74, 6) is -0.0974. The average Bonchev–Trinajstić information content (AvgIpc) is 2.93. The van der Waals surface area contributed by atoms with E-state index in [1.54, 1.807) is 0 Å². The third-order valence-corrected chi connectivity index (χ3v) is 6.21. The number of hydrogen-bond acceptors (Lipinski definition) is 8. The summed E-state index contributed by atoms with van der Waals surface area (Å²) in [5, 5.41) is 0. The molecule has 1 atom stereocenters. The topological polar surface area (TPSA) is 81.7 Å². The molecule has 0 saturated heterocycles. The van der Waals surface area contributed by atoms with Gasteiger partial charge in [-0.05, 0) is 19.3 Å². The van der Waals surface area contributed by atoms with Gasteiger partial charge in [0.1, 0.15) is 6.61 Å². The first-order valence-corrected chi connectivity index (χ1v) is 15.4. The molecule has 0 saturated carbocycles. The minimum Gasteiger partial charge on any atom is -0.463 e. The Hall–Kier alpha value is -0.770. The molecule has 0 aromatic heterocycles. The van der Waals surface area contributed by atoms with Crippen molar-refractivity contribution >= 4 is 5.97 Å². The van der Waals surface area contributed by atoms with Crippen LogP contribution in [-0.4, -0.2) is 91.9 Å². The lowest BCUT2D eigenvalue weighted by atomic mass is 10.00. The predicted molar refractivity (Wildman–Crippen MR) is 152 cm³/mol. The molecule has 0 aromatic rings. The molecule has 0 rings (SSSR count). The van der Waals surface area contributed by atoms with E-state index in [-0.39, 0.29) is 11.9 Å². The Bertz CT molecular complexity index is 464. The van der Waals surface area contributed by atoms with Crippen LogP contribution in [0.3, 0.4) is 0 Å².